The quantitative estimate of drug-likeness (QED) is 0.820. The van der Waals surface area contributed by atoms with Gasteiger partial charge in [0.1, 0.15) is 18.0 Å². The first-order valence-corrected chi connectivity index (χ1v) is 7.18. The van der Waals surface area contributed by atoms with Crippen molar-refractivity contribution in [1.29, 1.82) is 0 Å². The molecule has 0 radical (unpaired) electrons. The summed E-state index contributed by atoms with van der Waals surface area (Å²) in [6.07, 6.45) is 7.08. The first kappa shape index (κ1) is 14.1. The summed E-state index contributed by atoms with van der Waals surface area (Å²) >= 11 is 0. The maximum absolute atomic E-state index is 5.73. The highest BCUT2D eigenvalue weighted by molar-refractivity contribution is 5.48. The van der Waals surface area contributed by atoms with Gasteiger partial charge in [-0.2, -0.15) is 0 Å². The van der Waals surface area contributed by atoms with E-state index in [1.54, 1.807) is 6.33 Å². The Balaban J connectivity index is 1.92. The Hall–Kier alpha value is -1.36. The second-order valence-corrected chi connectivity index (χ2v) is 5.65. The summed E-state index contributed by atoms with van der Waals surface area (Å²) in [5.74, 6) is 2.65. The summed E-state index contributed by atoms with van der Waals surface area (Å²) in [7, 11) is 2.11. The largest absolute Gasteiger partial charge is 0.368 e. The normalized spacial score (nSPS) is 17.4. The molecule has 2 rings (SSSR count). The average molecular weight is 263 g/mol. The molecule has 1 unspecified atom stereocenters. The minimum atomic E-state index is 0.120. The maximum atomic E-state index is 5.73. The molecule has 0 bridgehead atoms. The number of aromatic nitrogens is 2. The van der Waals surface area contributed by atoms with Gasteiger partial charge >= 0.3 is 0 Å². The lowest BCUT2D eigenvalue weighted by atomic mass is 10.1. The van der Waals surface area contributed by atoms with Crippen molar-refractivity contribution < 1.29 is 0 Å². The van der Waals surface area contributed by atoms with Crippen molar-refractivity contribution in [3.8, 4) is 0 Å². The van der Waals surface area contributed by atoms with Crippen molar-refractivity contribution in [2.24, 2.45) is 11.7 Å². The lowest BCUT2D eigenvalue weighted by Crippen LogP contribution is -2.27. The molecule has 1 heterocycles. The van der Waals surface area contributed by atoms with E-state index < -0.39 is 0 Å². The van der Waals surface area contributed by atoms with Crippen LogP contribution in [0.2, 0.25) is 0 Å². The van der Waals surface area contributed by atoms with E-state index in [0.717, 1.165) is 30.6 Å². The van der Waals surface area contributed by atoms with Gasteiger partial charge in [0.2, 0.25) is 0 Å². The monoisotopic (exact) mass is 263 g/mol. The molecule has 1 fully saturated rings. The van der Waals surface area contributed by atoms with Gasteiger partial charge in [-0.05, 0) is 25.7 Å². The van der Waals surface area contributed by atoms with E-state index in [-0.39, 0.29) is 6.04 Å². The van der Waals surface area contributed by atoms with Gasteiger partial charge < -0.3 is 16.0 Å². The molecule has 19 heavy (non-hydrogen) atoms. The van der Waals surface area contributed by atoms with E-state index in [1.165, 1.54) is 25.7 Å². The van der Waals surface area contributed by atoms with Crippen molar-refractivity contribution in [3.05, 3.63) is 12.4 Å². The second-order valence-electron chi connectivity index (χ2n) is 5.65. The molecule has 1 aromatic heterocycles. The summed E-state index contributed by atoms with van der Waals surface area (Å²) < 4.78 is 0. The molecule has 0 aromatic carbocycles. The van der Waals surface area contributed by atoms with Crippen LogP contribution in [0.5, 0.6) is 0 Å². The van der Waals surface area contributed by atoms with Crippen molar-refractivity contribution in [1.82, 2.24) is 9.97 Å². The predicted molar refractivity (Wildman–Crippen MR) is 79.4 cm³/mol. The van der Waals surface area contributed by atoms with Gasteiger partial charge in [-0.15, -0.1) is 0 Å². The summed E-state index contributed by atoms with van der Waals surface area (Å²) in [6, 6.07) is 2.12. The Morgan fingerprint density at radius 1 is 1.42 bits per heavy atom. The Morgan fingerprint density at radius 2 is 2.16 bits per heavy atom. The number of hydrogen-bond donors (Lipinski definition) is 2. The standard InChI is InChI=1S/C14H25N5/c1-11(15)8-16-13-7-14(18-10-17-13)19(2)9-12-5-3-4-6-12/h7,10-12H,3-6,8-9,15H2,1-2H3,(H,16,17,18). The van der Waals surface area contributed by atoms with Crippen LogP contribution < -0.4 is 16.0 Å². The highest BCUT2D eigenvalue weighted by Gasteiger charge is 2.17. The van der Waals surface area contributed by atoms with Crippen LogP contribution in [0.1, 0.15) is 32.6 Å². The van der Waals surface area contributed by atoms with Gasteiger partial charge in [0.05, 0.1) is 0 Å². The number of nitrogens with zero attached hydrogens (tertiary/aromatic N) is 3. The van der Waals surface area contributed by atoms with Gasteiger partial charge in [-0.1, -0.05) is 12.8 Å². The smallest absolute Gasteiger partial charge is 0.133 e. The molecule has 0 spiro atoms. The van der Waals surface area contributed by atoms with E-state index in [0.29, 0.717) is 0 Å². The highest BCUT2D eigenvalue weighted by atomic mass is 15.2. The van der Waals surface area contributed by atoms with Gasteiger partial charge in [-0.25, -0.2) is 9.97 Å². The molecule has 3 N–H and O–H groups in total. The van der Waals surface area contributed by atoms with Crippen LogP contribution in [0.15, 0.2) is 12.4 Å². The summed E-state index contributed by atoms with van der Waals surface area (Å²) in [5.41, 5.74) is 5.73. The first-order chi connectivity index (χ1) is 9.15. The zero-order valence-corrected chi connectivity index (χ0v) is 12.0. The van der Waals surface area contributed by atoms with Crippen LogP contribution in [0.3, 0.4) is 0 Å². The fourth-order valence-electron chi connectivity index (χ4n) is 2.59. The Bertz CT molecular complexity index is 387. The lowest BCUT2D eigenvalue weighted by molar-refractivity contribution is 0.545. The molecule has 5 nitrogen and oxygen atoms in total. The molecule has 0 amide bonds. The molecule has 1 aliphatic carbocycles. The molecule has 5 heteroatoms. The van der Waals surface area contributed by atoms with Gasteiger partial charge in [-0.3, -0.25) is 0 Å². The molecule has 0 saturated heterocycles. The van der Waals surface area contributed by atoms with Gasteiger partial charge in [0, 0.05) is 32.2 Å². The van der Waals surface area contributed by atoms with Gasteiger partial charge in [0.25, 0.3) is 0 Å². The number of rotatable bonds is 6. The minimum Gasteiger partial charge on any atom is -0.368 e. The zero-order valence-electron chi connectivity index (χ0n) is 12.0. The minimum absolute atomic E-state index is 0.120. The Labute approximate surface area is 115 Å². The molecule has 0 aliphatic heterocycles. The molecule has 106 valence electrons. The van der Waals surface area contributed by atoms with Crippen LogP contribution in [-0.2, 0) is 0 Å². The number of nitrogens with two attached hydrogens (primary N) is 1. The number of nitrogens with one attached hydrogen (secondary N) is 1. The molecular weight excluding hydrogens is 238 g/mol. The number of anilines is 2. The van der Waals surface area contributed by atoms with Crippen LogP contribution in [-0.4, -0.2) is 36.1 Å². The van der Waals surface area contributed by atoms with E-state index in [2.05, 4.69) is 27.2 Å². The molecular formula is C14H25N5. The maximum Gasteiger partial charge on any atom is 0.133 e. The van der Waals surface area contributed by atoms with Crippen LogP contribution in [0.25, 0.3) is 0 Å². The fraction of sp³-hybridized carbons (Fsp3) is 0.714. The van der Waals surface area contributed by atoms with E-state index in [4.69, 9.17) is 5.73 Å². The Morgan fingerprint density at radius 3 is 2.84 bits per heavy atom. The van der Waals surface area contributed by atoms with E-state index >= 15 is 0 Å². The van der Waals surface area contributed by atoms with Crippen molar-refractivity contribution in [3.63, 3.8) is 0 Å². The Kier molecular flexibility index (Phi) is 4.96. The fourth-order valence-corrected chi connectivity index (χ4v) is 2.59. The van der Waals surface area contributed by atoms with Crippen LogP contribution in [0.4, 0.5) is 11.6 Å². The predicted octanol–water partition coefficient (Wildman–Crippen LogP) is 1.86. The van der Waals surface area contributed by atoms with Crippen molar-refractivity contribution >= 4 is 11.6 Å². The molecule has 1 aromatic rings. The van der Waals surface area contributed by atoms with Crippen LogP contribution in [0, 0.1) is 5.92 Å². The number of hydrogen-bond acceptors (Lipinski definition) is 5. The van der Waals surface area contributed by atoms with E-state index in [1.807, 2.05) is 13.0 Å². The third kappa shape index (κ3) is 4.35. The first-order valence-electron chi connectivity index (χ1n) is 7.18. The topological polar surface area (TPSA) is 67.1 Å². The van der Waals surface area contributed by atoms with Crippen LogP contribution >= 0.6 is 0 Å². The second kappa shape index (κ2) is 6.70. The summed E-state index contributed by atoms with van der Waals surface area (Å²) in [4.78, 5) is 10.8. The van der Waals surface area contributed by atoms with Gasteiger partial charge in [0.15, 0.2) is 0 Å². The molecule has 1 atom stereocenters. The molecule has 1 saturated carbocycles. The third-order valence-electron chi connectivity index (χ3n) is 3.66. The lowest BCUT2D eigenvalue weighted by Gasteiger charge is -2.22. The van der Waals surface area contributed by atoms with Crippen molar-refractivity contribution in [2.75, 3.05) is 30.4 Å². The zero-order chi connectivity index (χ0) is 13.7. The highest BCUT2D eigenvalue weighted by Crippen LogP contribution is 2.26. The summed E-state index contributed by atoms with van der Waals surface area (Å²) in [6.45, 7) is 3.79. The van der Waals surface area contributed by atoms with E-state index in [9.17, 15) is 0 Å². The summed E-state index contributed by atoms with van der Waals surface area (Å²) in [5, 5.41) is 3.23. The third-order valence-corrected chi connectivity index (χ3v) is 3.66. The van der Waals surface area contributed by atoms with Crippen molar-refractivity contribution in [2.45, 2.75) is 38.6 Å². The SMILES string of the molecule is CC(N)CNc1cc(N(C)CC2CCCC2)ncn1. The molecule has 1 aliphatic rings. The average Bonchev–Trinajstić information content (AvgIpc) is 2.89.